The van der Waals surface area contributed by atoms with E-state index in [9.17, 15) is 9.13 Å². The van der Waals surface area contributed by atoms with Crippen molar-refractivity contribution in [1.29, 1.82) is 0 Å². The first-order chi connectivity index (χ1) is 29.4. The monoisotopic (exact) mass is 911 g/mol. The Labute approximate surface area is 351 Å². The minimum atomic E-state index is -4.45. The molecule has 3 saturated heterocycles. The standard InChI is InChI=1S/C33H42BF2N11O11P2S/c34-59(48)53-11-20-27(23(36)33(55-20)47-17-45-25-29(39)41-15-43-31(25)47)58-60(49,61-13-18-1-3-19(4-2-18)52-10-9-51-8-7-50-6-5-37)54-12-21-26(57-59)22(35)32(56-21)46-16-44-24-28(38)40-14-42-30(24)46/h1-4,14-17,20-23,26-27,32-33H,5-13,34,37H2,(H2,38,40,42)(H2,39,41,43)/t20-,21-,22-,23-,26-,27-,32-,33-,59+,60?/m1/s1. The van der Waals surface area contributed by atoms with Crippen molar-refractivity contribution in [2.24, 2.45) is 5.73 Å². The third-order valence-corrected chi connectivity index (χ3v) is 14.6. The Morgan fingerprint density at radius 2 is 1.30 bits per heavy atom. The highest BCUT2D eigenvalue weighted by Gasteiger charge is 2.54. The summed E-state index contributed by atoms with van der Waals surface area (Å²) in [6.45, 7) is -3.31. The summed E-state index contributed by atoms with van der Waals surface area (Å²) >= 11 is 0.753. The highest BCUT2D eigenvalue weighted by atomic mass is 32.7. The average Bonchev–Trinajstić information content (AvgIpc) is 4.02. The molecule has 3 fully saturated rings. The zero-order valence-corrected chi connectivity index (χ0v) is 35.1. The van der Waals surface area contributed by atoms with Crippen molar-refractivity contribution in [2.75, 3.05) is 64.3 Å². The molecule has 7 heterocycles. The van der Waals surface area contributed by atoms with Gasteiger partial charge >= 0.3 is 6.80 Å². The first kappa shape index (κ1) is 43.7. The molecule has 0 radical (unpaired) electrons. The molecule has 6 N–H and O–H groups in total. The van der Waals surface area contributed by atoms with E-state index in [1.165, 1.54) is 34.4 Å². The van der Waals surface area contributed by atoms with E-state index in [-0.39, 0.29) is 46.3 Å². The number of nitrogens with two attached hydrogens (primary N) is 3. The largest absolute Gasteiger partial charge is 0.491 e. The van der Waals surface area contributed by atoms with Gasteiger partial charge in [0, 0.05) is 12.3 Å². The zero-order valence-electron chi connectivity index (χ0n) is 32.5. The number of fused-ring (bicyclic) bond motifs is 4. The molecule has 4 aromatic heterocycles. The van der Waals surface area contributed by atoms with Crippen molar-refractivity contribution in [3.8, 4) is 5.75 Å². The normalized spacial score (nSPS) is 30.8. The first-order valence-corrected chi connectivity index (χ1v) is 24.1. The van der Waals surface area contributed by atoms with Gasteiger partial charge < -0.3 is 49.9 Å². The second kappa shape index (κ2) is 18.8. The number of halogens is 2. The fourth-order valence-corrected chi connectivity index (χ4v) is 11.4. The van der Waals surface area contributed by atoms with E-state index in [0.29, 0.717) is 44.3 Å². The van der Waals surface area contributed by atoms with Crippen LogP contribution in [0.15, 0.2) is 49.6 Å². The lowest BCUT2D eigenvalue weighted by atomic mass is 10.1. The Bertz CT molecular complexity index is 2400. The van der Waals surface area contributed by atoms with E-state index in [0.717, 1.165) is 18.9 Å². The van der Waals surface area contributed by atoms with E-state index in [2.05, 4.69) is 29.9 Å². The van der Waals surface area contributed by atoms with E-state index in [4.69, 9.17) is 59.0 Å². The van der Waals surface area contributed by atoms with E-state index in [1.54, 1.807) is 24.3 Å². The molecule has 22 nitrogen and oxygen atoms in total. The number of ether oxygens (including phenoxy) is 5. The summed E-state index contributed by atoms with van der Waals surface area (Å²) < 4.78 is 117. The quantitative estimate of drug-likeness (QED) is 0.0818. The number of nitrogen functional groups attached to an aromatic ring is 2. The van der Waals surface area contributed by atoms with Crippen molar-refractivity contribution in [2.45, 2.75) is 55.0 Å². The van der Waals surface area contributed by atoms with Crippen LogP contribution in [-0.2, 0) is 51.9 Å². The molecule has 0 bridgehead atoms. The number of benzene rings is 1. The van der Waals surface area contributed by atoms with Crippen LogP contribution in [0.4, 0.5) is 20.4 Å². The molecule has 28 heteroatoms. The fraction of sp³-hybridized carbons (Fsp3) is 0.515. The molecule has 328 valence electrons. The molecule has 3 aliphatic rings. The first-order valence-electron chi connectivity index (χ1n) is 18.9. The topological polar surface area (TPSA) is 282 Å². The molecule has 0 spiro atoms. The molecule has 10 atom stereocenters. The predicted molar refractivity (Wildman–Crippen MR) is 216 cm³/mol. The van der Waals surface area contributed by atoms with Crippen LogP contribution < -0.4 is 21.9 Å². The lowest BCUT2D eigenvalue weighted by Gasteiger charge is -2.30. The van der Waals surface area contributed by atoms with Gasteiger partial charge in [0.05, 0.1) is 52.3 Å². The minimum absolute atomic E-state index is 0.0487. The summed E-state index contributed by atoms with van der Waals surface area (Å²) in [6.07, 6.45) is -8.00. The van der Waals surface area contributed by atoms with Gasteiger partial charge in [-0.2, -0.15) is 0 Å². The number of anilines is 2. The maximum Gasteiger partial charge on any atom is 0.389 e. The lowest BCUT2D eigenvalue weighted by Crippen LogP contribution is -2.37. The van der Waals surface area contributed by atoms with Gasteiger partial charge in [0.15, 0.2) is 47.7 Å². The summed E-state index contributed by atoms with van der Waals surface area (Å²) in [6, 6.07) is 6.95. The van der Waals surface area contributed by atoms with Crippen LogP contribution in [0.2, 0.25) is 0 Å². The number of hydrogen-bond acceptors (Lipinski definition) is 21. The maximum absolute atomic E-state index is 16.8. The summed E-state index contributed by atoms with van der Waals surface area (Å²) in [5.41, 5.74) is 18.7. The minimum Gasteiger partial charge on any atom is -0.491 e. The van der Waals surface area contributed by atoms with Crippen molar-refractivity contribution < 1.29 is 59.7 Å². The predicted octanol–water partition coefficient (Wildman–Crippen LogP) is 2.27. The molecule has 3 aliphatic heterocycles. The van der Waals surface area contributed by atoms with Gasteiger partial charge in [0.1, 0.15) is 60.5 Å². The molecule has 0 amide bonds. The Hall–Kier alpha value is -3.91. The summed E-state index contributed by atoms with van der Waals surface area (Å²) in [4.78, 5) is 24.6. The van der Waals surface area contributed by atoms with Crippen LogP contribution in [-0.4, -0.2) is 136 Å². The molecule has 1 aromatic carbocycles. The smallest absolute Gasteiger partial charge is 0.389 e. The van der Waals surface area contributed by atoms with Crippen LogP contribution in [0.3, 0.4) is 0 Å². The van der Waals surface area contributed by atoms with Gasteiger partial charge in [0.25, 0.3) is 15.0 Å². The molecular formula is C33H42BF2N11O11P2S. The van der Waals surface area contributed by atoms with E-state index >= 15 is 8.78 Å². The average molecular weight is 912 g/mol. The van der Waals surface area contributed by atoms with Crippen LogP contribution >= 0.6 is 25.7 Å². The third kappa shape index (κ3) is 9.70. The van der Waals surface area contributed by atoms with Crippen LogP contribution in [0, 0.1) is 0 Å². The van der Waals surface area contributed by atoms with Gasteiger partial charge in [-0.15, -0.1) is 0 Å². The zero-order chi connectivity index (χ0) is 42.7. The highest BCUT2D eigenvalue weighted by molar-refractivity contribution is 8.54. The maximum atomic E-state index is 16.8. The third-order valence-electron chi connectivity index (χ3n) is 9.73. The molecule has 1 unspecified atom stereocenters. The van der Waals surface area contributed by atoms with E-state index in [1.807, 2.05) is 0 Å². The van der Waals surface area contributed by atoms with Crippen LogP contribution in [0.1, 0.15) is 18.0 Å². The summed E-state index contributed by atoms with van der Waals surface area (Å²) in [5.74, 6) is 0.714. The molecule has 61 heavy (non-hydrogen) atoms. The summed E-state index contributed by atoms with van der Waals surface area (Å²) in [7, 11) is -3.04. The number of imidazole rings is 2. The summed E-state index contributed by atoms with van der Waals surface area (Å²) in [5, 5.41) is 0. The Kier molecular flexibility index (Phi) is 13.5. The van der Waals surface area contributed by atoms with Gasteiger partial charge in [-0.3, -0.25) is 22.7 Å². The second-order valence-electron chi connectivity index (χ2n) is 13.9. The van der Waals surface area contributed by atoms with E-state index < -0.39 is 76.7 Å². The van der Waals surface area contributed by atoms with Crippen LogP contribution in [0.5, 0.6) is 5.75 Å². The van der Waals surface area contributed by atoms with Gasteiger partial charge in [-0.1, -0.05) is 12.1 Å². The molecular weight excluding hydrogens is 869 g/mol. The highest BCUT2D eigenvalue weighted by Crippen LogP contribution is 2.65. The fourth-order valence-electron chi connectivity index (χ4n) is 6.80. The molecule has 0 aliphatic carbocycles. The van der Waals surface area contributed by atoms with Crippen molar-refractivity contribution >= 4 is 67.2 Å². The second-order valence-corrected chi connectivity index (χ2v) is 20.0. The number of hydrogen-bond donors (Lipinski definition) is 3. The van der Waals surface area contributed by atoms with Gasteiger partial charge in [0.2, 0.25) is 0 Å². The van der Waals surface area contributed by atoms with Gasteiger partial charge in [-0.25, -0.2) is 43.2 Å². The molecule has 5 aromatic rings. The molecule has 8 rings (SSSR count). The number of alkyl halides is 2. The van der Waals surface area contributed by atoms with Crippen molar-refractivity contribution in [3.05, 3.63) is 55.1 Å². The Morgan fingerprint density at radius 3 is 1.89 bits per heavy atom. The van der Waals surface area contributed by atoms with Crippen molar-refractivity contribution in [1.82, 2.24) is 39.0 Å². The number of nitrogens with zero attached hydrogens (tertiary/aromatic N) is 8. The SMILES string of the molecule is B[P@]1(=O)OC[C@H]2O[C@@H](n3cnc4c(N)ncnc43)[C@H](F)[C@@H]2OP(=O)(SCc2ccc(OCCOCCOCCN)cc2)OC[C@H]2O[C@@H](n3cnc4c(N)ncnc43)[C@H](F)[C@@H]2O1. The molecule has 0 saturated carbocycles. The number of rotatable bonds is 14. The Balaban J connectivity index is 1.03. The Morgan fingerprint density at radius 1 is 0.754 bits per heavy atom. The number of aromatic nitrogens is 8. The van der Waals surface area contributed by atoms with Crippen LogP contribution in [0.25, 0.3) is 22.3 Å². The lowest BCUT2D eigenvalue weighted by molar-refractivity contribution is -0.0546. The van der Waals surface area contributed by atoms with Gasteiger partial charge in [-0.05, 0) is 29.1 Å². The van der Waals surface area contributed by atoms with Crippen molar-refractivity contribution in [3.63, 3.8) is 0 Å².